The molecule has 1 aromatic rings. The van der Waals surface area contributed by atoms with Gasteiger partial charge in [0.05, 0.1) is 0 Å². The van der Waals surface area contributed by atoms with Crippen LogP contribution in [-0.4, -0.2) is 24.5 Å². The van der Waals surface area contributed by atoms with Crippen molar-refractivity contribution >= 4 is 0 Å². The Morgan fingerprint density at radius 3 is 2.53 bits per heavy atom. The molecular weight excluding hydrogens is 206 g/mol. The third-order valence-corrected chi connectivity index (χ3v) is 4.43. The topological polar surface area (TPSA) is 3.24 Å². The van der Waals surface area contributed by atoms with E-state index in [2.05, 4.69) is 42.2 Å². The van der Waals surface area contributed by atoms with Gasteiger partial charge >= 0.3 is 0 Å². The predicted molar refractivity (Wildman–Crippen MR) is 72.1 cm³/mol. The fourth-order valence-corrected chi connectivity index (χ4v) is 3.26. The van der Waals surface area contributed by atoms with Crippen LogP contribution in [0.3, 0.4) is 0 Å². The van der Waals surface area contributed by atoms with E-state index in [4.69, 9.17) is 0 Å². The third kappa shape index (κ3) is 2.71. The van der Waals surface area contributed by atoms with Crippen LogP contribution in [0.2, 0.25) is 0 Å². The van der Waals surface area contributed by atoms with Gasteiger partial charge in [-0.25, -0.2) is 0 Å². The van der Waals surface area contributed by atoms with Crippen molar-refractivity contribution in [1.29, 1.82) is 0 Å². The van der Waals surface area contributed by atoms with Crippen molar-refractivity contribution in [2.75, 3.05) is 19.6 Å². The second-order valence-corrected chi connectivity index (χ2v) is 5.99. The normalized spacial score (nSPS) is 30.4. The molecular formula is C16H23N. The molecule has 0 bridgehead atoms. The van der Waals surface area contributed by atoms with Crippen molar-refractivity contribution in [3.63, 3.8) is 0 Å². The van der Waals surface area contributed by atoms with Gasteiger partial charge in [0.15, 0.2) is 0 Å². The maximum Gasteiger partial charge on any atom is 0.00130 e. The zero-order valence-corrected chi connectivity index (χ0v) is 10.8. The molecule has 0 amide bonds. The van der Waals surface area contributed by atoms with E-state index in [0.29, 0.717) is 0 Å². The maximum absolute atomic E-state index is 2.70. The van der Waals surface area contributed by atoms with Crippen LogP contribution in [0.4, 0.5) is 0 Å². The molecule has 2 aliphatic rings. The molecule has 0 unspecified atom stereocenters. The second-order valence-electron chi connectivity index (χ2n) is 5.99. The standard InChI is InChI=1S/C16H23N/c1-13-11-17(12-14-7-8-14)10-9-16(13)15-5-3-2-4-6-15/h2-6,13-14,16H,7-12H2,1H3/t13-,16+/m0/s1. The highest BCUT2D eigenvalue weighted by molar-refractivity contribution is 5.21. The van der Waals surface area contributed by atoms with Crippen LogP contribution in [0.25, 0.3) is 0 Å². The first-order chi connectivity index (χ1) is 8.33. The Balaban J connectivity index is 1.61. The summed E-state index contributed by atoms with van der Waals surface area (Å²) in [5.74, 6) is 2.63. The van der Waals surface area contributed by atoms with Crippen molar-refractivity contribution < 1.29 is 0 Å². The summed E-state index contributed by atoms with van der Waals surface area (Å²) >= 11 is 0. The minimum atomic E-state index is 0.784. The first-order valence-corrected chi connectivity index (χ1v) is 7.10. The van der Waals surface area contributed by atoms with E-state index >= 15 is 0 Å². The number of hydrogen-bond acceptors (Lipinski definition) is 1. The molecule has 0 radical (unpaired) electrons. The molecule has 3 rings (SSSR count). The molecule has 1 saturated carbocycles. The van der Waals surface area contributed by atoms with Gasteiger partial charge in [0, 0.05) is 13.1 Å². The first-order valence-electron chi connectivity index (χ1n) is 7.10. The van der Waals surface area contributed by atoms with Crippen LogP contribution >= 0.6 is 0 Å². The molecule has 0 N–H and O–H groups in total. The largest absolute Gasteiger partial charge is 0.303 e. The number of nitrogens with zero attached hydrogens (tertiary/aromatic N) is 1. The molecule has 1 aromatic carbocycles. The van der Waals surface area contributed by atoms with Gasteiger partial charge in [-0.2, -0.15) is 0 Å². The lowest BCUT2D eigenvalue weighted by Crippen LogP contribution is -2.39. The average molecular weight is 229 g/mol. The van der Waals surface area contributed by atoms with Crippen molar-refractivity contribution in [1.82, 2.24) is 4.90 Å². The Morgan fingerprint density at radius 2 is 1.88 bits per heavy atom. The molecule has 1 aliphatic carbocycles. The highest BCUT2D eigenvalue weighted by Crippen LogP contribution is 2.35. The predicted octanol–water partition coefficient (Wildman–Crippen LogP) is 3.52. The summed E-state index contributed by atoms with van der Waals surface area (Å²) in [7, 11) is 0. The minimum absolute atomic E-state index is 0.784. The van der Waals surface area contributed by atoms with E-state index in [0.717, 1.165) is 17.8 Å². The van der Waals surface area contributed by atoms with Gasteiger partial charge in [-0.15, -0.1) is 0 Å². The Bertz CT molecular complexity index is 355. The summed E-state index contributed by atoms with van der Waals surface area (Å²) in [5, 5.41) is 0. The van der Waals surface area contributed by atoms with Crippen LogP contribution in [0, 0.1) is 11.8 Å². The van der Waals surface area contributed by atoms with Gasteiger partial charge < -0.3 is 4.90 Å². The summed E-state index contributed by atoms with van der Waals surface area (Å²) in [6.45, 7) is 6.40. The average Bonchev–Trinajstić information content (AvgIpc) is 3.14. The Labute approximate surface area is 105 Å². The van der Waals surface area contributed by atoms with Gasteiger partial charge in [0.1, 0.15) is 0 Å². The minimum Gasteiger partial charge on any atom is -0.303 e. The second kappa shape index (κ2) is 4.81. The van der Waals surface area contributed by atoms with Crippen LogP contribution in [0.15, 0.2) is 30.3 Å². The van der Waals surface area contributed by atoms with Gasteiger partial charge in [-0.05, 0) is 49.1 Å². The van der Waals surface area contributed by atoms with Crippen LogP contribution in [0.1, 0.15) is 37.7 Å². The number of hydrogen-bond donors (Lipinski definition) is 0. The number of piperidine rings is 1. The molecule has 2 fully saturated rings. The van der Waals surface area contributed by atoms with E-state index < -0.39 is 0 Å². The quantitative estimate of drug-likeness (QED) is 0.766. The maximum atomic E-state index is 2.70. The van der Waals surface area contributed by atoms with Gasteiger partial charge in [-0.3, -0.25) is 0 Å². The highest BCUT2D eigenvalue weighted by atomic mass is 15.1. The summed E-state index contributed by atoms with van der Waals surface area (Å²) in [6.07, 6.45) is 4.30. The van der Waals surface area contributed by atoms with Crippen molar-refractivity contribution in [3.05, 3.63) is 35.9 Å². The summed E-state index contributed by atoms with van der Waals surface area (Å²) in [4.78, 5) is 2.70. The highest BCUT2D eigenvalue weighted by Gasteiger charge is 2.30. The van der Waals surface area contributed by atoms with Crippen LogP contribution in [-0.2, 0) is 0 Å². The van der Waals surface area contributed by atoms with E-state index in [9.17, 15) is 0 Å². The van der Waals surface area contributed by atoms with Gasteiger partial charge in [0.2, 0.25) is 0 Å². The monoisotopic (exact) mass is 229 g/mol. The zero-order chi connectivity index (χ0) is 11.7. The Hall–Kier alpha value is -0.820. The lowest BCUT2D eigenvalue weighted by molar-refractivity contribution is 0.157. The summed E-state index contributed by atoms with van der Waals surface area (Å²) in [5.41, 5.74) is 1.55. The molecule has 1 heterocycles. The van der Waals surface area contributed by atoms with E-state index in [1.54, 1.807) is 5.56 Å². The molecule has 2 atom stereocenters. The molecule has 0 spiro atoms. The van der Waals surface area contributed by atoms with E-state index in [-0.39, 0.29) is 0 Å². The SMILES string of the molecule is C[C@H]1CN(CC2CC2)CC[C@H]1c1ccccc1. The fourth-order valence-electron chi connectivity index (χ4n) is 3.26. The van der Waals surface area contributed by atoms with Crippen LogP contribution in [0.5, 0.6) is 0 Å². The first kappa shape index (κ1) is 11.3. The zero-order valence-electron chi connectivity index (χ0n) is 10.8. The molecule has 1 aliphatic heterocycles. The number of rotatable bonds is 3. The van der Waals surface area contributed by atoms with E-state index in [1.807, 2.05) is 0 Å². The third-order valence-electron chi connectivity index (χ3n) is 4.43. The molecule has 1 nitrogen and oxygen atoms in total. The lowest BCUT2D eigenvalue weighted by atomic mass is 9.81. The van der Waals surface area contributed by atoms with Crippen molar-refractivity contribution in [3.8, 4) is 0 Å². The fraction of sp³-hybridized carbons (Fsp3) is 0.625. The molecule has 17 heavy (non-hydrogen) atoms. The number of likely N-dealkylation sites (tertiary alicyclic amines) is 1. The van der Waals surface area contributed by atoms with Gasteiger partial charge in [-0.1, -0.05) is 37.3 Å². The van der Waals surface area contributed by atoms with Crippen molar-refractivity contribution in [2.24, 2.45) is 11.8 Å². The van der Waals surface area contributed by atoms with E-state index in [1.165, 1.54) is 38.9 Å². The molecule has 0 aromatic heterocycles. The Kier molecular flexibility index (Phi) is 3.19. The van der Waals surface area contributed by atoms with Gasteiger partial charge in [0.25, 0.3) is 0 Å². The summed E-state index contributed by atoms with van der Waals surface area (Å²) in [6, 6.07) is 11.1. The summed E-state index contributed by atoms with van der Waals surface area (Å²) < 4.78 is 0. The Morgan fingerprint density at radius 1 is 1.12 bits per heavy atom. The lowest BCUT2D eigenvalue weighted by Gasteiger charge is -2.37. The molecule has 92 valence electrons. The van der Waals surface area contributed by atoms with Crippen molar-refractivity contribution in [2.45, 2.75) is 32.1 Å². The smallest absolute Gasteiger partial charge is 0.00130 e. The molecule has 1 heteroatoms. The van der Waals surface area contributed by atoms with Crippen LogP contribution < -0.4 is 0 Å². The molecule has 1 saturated heterocycles. The number of benzene rings is 1.